The van der Waals surface area contributed by atoms with Gasteiger partial charge in [0.15, 0.2) is 6.10 Å². The Morgan fingerprint density at radius 1 is 1.04 bits per heavy atom. The molecule has 0 bridgehead atoms. The molecule has 1 aromatic carbocycles. The van der Waals surface area contributed by atoms with Crippen molar-refractivity contribution in [1.82, 2.24) is 25.4 Å². The first kappa shape index (κ1) is 43.6. The maximum atomic E-state index is 14.3. The highest BCUT2D eigenvalue weighted by Gasteiger charge is 2.37. The van der Waals surface area contributed by atoms with Crippen LogP contribution in [0, 0.1) is 17.8 Å². The molecule has 2 aromatic rings. The first-order valence-corrected chi connectivity index (χ1v) is 20.0. The number of benzene rings is 1. The Kier molecular flexibility index (Phi) is 17.4. The summed E-state index contributed by atoms with van der Waals surface area (Å²) in [4.78, 5) is 74.3. The highest BCUT2D eigenvalue weighted by atomic mass is 32.1. The Morgan fingerprint density at radius 3 is 2.34 bits per heavy atom. The molecule has 7 atom stereocenters. The van der Waals surface area contributed by atoms with Crippen molar-refractivity contribution in [3.8, 4) is 0 Å². The number of nitrogens with one attached hydrogen (secondary N) is 2. The summed E-state index contributed by atoms with van der Waals surface area (Å²) in [5, 5.41) is 17.7. The predicted molar refractivity (Wildman–Crippen MR) is 206 cm³/mol. The molecule has 0 spiro atoms. The van der Waals surface area contributed by atoms with Gasteiger partial charge in [-0.3, -0.25) is 28.9 Å². The van der Waals surface area contributed by atoms with Crippen LogP contribution in [0.15, 0.2) is 35.7 Å². The largest absolute Gasteiger partial charge is 0.481 e. The number of hydrogen-bond donors (Lipinski definition) is 3. The lowest BCUT2D eigenvalue weighted by atomic mass is 9.92. The number of amides is 3. The quantitative estimate of drug-likeness (QED) is 0.141. The number of thiazole rings is 1. The normalized spacial score (nSPS) is 18.2. The molecule has 12 nitrogen and oxygen atoms in total. The minimum absolute atomic E-state index is 0.0493. The van der Waals surface area contributed by atoms with E-state index in [0.717, 1.165) is 31.4 Å². The van der Waals surface area contributed by atoms with Crippen LogP contribution in [-0.4, -0.2) is 94.4 Å². The summed E-state index contributed by atoms with van der Waals surface area (Å²) in [5.74, 6) is -2.97. The number of likely N-dealkylation sites (N-methyl/N-ethyl adjacent to an activating group) is 2. The predicted octanol–water partition coefficient (Wildman–Crippen LogP) is 5.87. The van der Waals surface area contributed by atoms with Gasteiger partial charge in [0, 0.05) is 37.4 Å². The maximum absolute atomic E-state index is 14.3. The van der Waals surface area contributed by atoms with Crippen LogP contribution in [0.25, 0.3) is 0 Å². The number of carboxylic acid groups (broad SMARTS) is 1. The topological polar surface area (TPSA) is 158 Å². The Morgan fingerprint density at radius 2 is 1.74 bits per heavy atom. The van der Waals surface area contributed by atoms with Gasteiger partial charge in [0.1, 0.15) is 16.7 Å². The zero-order chi connectivity index (χ0) is 39.2. The molecule has 0 aliphatic carbocycles. The van der Waals surface area contributed by atoms with Gasteiger partial charge in [0.2, 0.25) is 11.8 Å². The van der Waals surface area contributed by atoms with Crippen molar-refractivity contribution >= 4 is 41.0 Å². The molecule has 294 valence electrons. The van der Waals surface area contributed by atoms with Gasteiger partial charge in [-0.15, -0.1) is 11.3 Å². The average Bonchev–Trinajstić information content (AvgIpc) is 3.62. The highest BCUT2D eigenvalue weighted by Crippen LogP contribution is 2.31. The second-order valence-corrected chi connectivity index (χ2v) is 15.9. The van der Waals surface area contributed by atoms with Gasteiger partial charge >= 0.3 is 11.9 Å². The molecule has 1 aliphatic heterocycles. The van der Waals surface area contributed by atoms with Crippen molar-refractivity contribution in [2.45, 2.75) is 130 Å². The molecule has 0 radical (unpaired) electrons. The zero-order valence-corrected chi connectivity index (χ0v) is 33.6. The third-order valence-corrected chi connectivity index (χ3v) is 11.3. The molecule has 3 amide bonds. The van der Waals surface area contributed by atoms with E-state index in [1.165, 1.54) is 11.3 Å². The SMILES string of the molecule is CCCC(=O)O[C@H](C[C@H](C(C)C)N(C)C(=O)[C@@H](NC(=O)C1CCCCN1C)[C@@H](C)CC)c1nc(C(=O)NC(Cc2ccccc2)CC(C)C(=O)O)cs1. The van der Waals surface area contributed by atoms with Crippen LogP contribution in [0.3, 0.4) is 0 Å². The zero-order valence-electron chi connectivity index (χ0n) is 32.8. The van der Waals surface area contributed by atoms with Crippen molar-refractivity contribution < 1.29 is 33.8 Å². The molecular weight excluding hydrogens is 695 g/mol. The summed E-state index contributed by atoms with van der Waals surface area (Å²) in [6.07, 6.45) is 4.34. The fourth-order valence-electron chi connectivity index (χ4n) is 6.86. The number of piperidine rings is 1. The van der Waals surface area contributed by atoms with Gasteiger partial charge in [-0.25, -0.2) is 4.98 Å². The van der Waals surface area contributed by atoms with E-state index in [1.54, 1.807) is 24.3 Å². The summed E-state index contributed by atoms with van der Waals surface area (Å²) in [5.41, 5.74) is 1.10. The first-order valence-electron chi connectivity index (χ1n) is 19.2. The van der Waals surface area contributed by atoms with Crippen LogP contribution < -0.4 is 10.6 Å². The van der Waals surface area contributed by atoms with Crippen LogP contribution >= 0.6 is 11.3 Å². The Bertz CT molecular complexity index is 1500. The van der Waals surface area contributed by atoms with E-state index in [2.05, 4.69) is 20.5 Å². The van der Waals surface area contributed by atoms with E-state index in [0.29, 0.717) is 24.3 Å². The summed E-state index contributed by atoms with van der Waals surface area (Å²) in [6.45, 7) is 12.3. The monoisotopic (exact) mass is 755 g/mol. The number of carbonyl (C=O) groups excluding carboxylic acids is 4. The molecule has 3 unspecified atom stereocenters. The fraction of sp³-hybridized carbons (Fsp3) is 0.650. The molecule has 1 aromatic heterocycles. The van der Waals surface area contributed by atoms with Gasteiger partial charge in [-0.05, 0) is 63.1 Å². The number of carboxylic acids is 1. The first-order chi connectivity index (χ1) is 25.2. The van der Waals surface area contributed by atoms with Gasteiger partial charge in [-0.2, -0.15) is 0 Å². The molecule has 3 rings (SSSR count). The average molecular weight is 756 g/mol. The van der Waals surface area contributed by atoms with E-state index in [1.807, 2.05) is 72.0 Å². The molecule has 53 heavy (non-hydrogen) atoms. The van der Waals surface area contributed by atoms with E-state index in [-0.39, 0.29) is 54.6 Å². The summed E-state index contributed by atoms with van der Waals surface area (Å²) < 4.78 is 6.00. The minimum atomic E-state index is -0.942. The number of likely N-dealkylation sites (tertiary alicyclic amines) is 1. The minimum Gasteiger partial charge on any atom is -0.481 e. The van der Waals surface area contributed by atoms with E-state index in [4.69, 9.17) is 4.74 Å². The van der Waals surface area contributed by atoms with Crippen molar-refractivity contribution in [1.29, 1.82) is 0 Å². The van der Waals surface area contributed by atoms with Gasteiger partial charge in [0.25, 0.3) is 5.91 Å². The Labute approximate surface area is 319 Å². The number of rotatable bonds is 20. The van der Waals surface area contributed by atoms with Crippen molar-refractivity contribution in [2.75, 3.05) is 20.6 Å². The third-order valence-electron chi connectivity index (χ3n) is 10.4. The van der Waals surface area contributed by atoms with E-state index >= 15 is 0 Å². The smallest absolute Gasteiger partial charge is 0.306 e. The Balaban J connectivity index is 1.85. The number of carbonyl (C=O) groups is 5. The van der Waals surface area contributed by atoms with Crippen LogP contribution in [0.2, 0.25) is 0 Å². The number of hydrogen-bond acceptors (Lipinski definition) is 9. The lowest BCUT2D eigenvalue weighted by molar-refractivity contribution is -0.151. The molecule has 3 N–H and O–H groups in total. The van der Waals surface area contributed by atoms with Crippen LogP contribution in [-0.2, 0) is 30.3 Å². The highest BCUT2D eigenvalue weighted by molar-refractivity contribution is 7.09. The number of aliphatic carboxylic acids is 1. The lowest BCUT2D eigenvalue weighted by Gasteiger charge is -2.38. The van der Waals surface area contributed by atoms with E-state index in [9.17, 15) is 29.1 Å². The number of nitrogens with zero attached hydrogens (tertiary/aromatic N) is 3. The third kappa shape index (κ3) is 12.9. The molecular formula is C40H61N5O7S. The second-order valence-electron chi connectivity index (χ2n) is 15.0. The molecule has 13 heteroatoms. The summed E-state index contributed by atoms with van der Waals surface area (Å²) in [6, 6.07) is 7.71. The van der Waals surface area contributed by atoms with Gasteiger partial charge in [0.05, 0.1) is 12.0 Å². The maximum Gasteiger partial charge on any atom is 0.306 e. The second kappa shape index (κ2) is 21.2. The molecule has 0 saturated carbocycles. The van der Waals surface area contributed by atoms with Crippen LogP contribution in [0.1, 0.15) is 120 Å². The summed E-state index contributed by atoms with van der Waals surface area (Å²) in [7, 11) is 3.68. The standard InChI is InChI=1S/C40H61N5O7S/c1-9-16-34(46)52-33(38-42-30(24-53-38)36(47)41-29(21-27(6)40(50)51)22-28-17-12-11-13-18-28)23-32(25(3)4)45(8)39(49)35(26(5)10-2)43-37(48)31-19-14-15-20-44(31)7/h11-13,17-18,24-27,29,31-33,35H,9-10,14-16,19-23H2,1-8H3,(H,41,47)(H,43,48)(H,50,51)/t26-,27?,29?,31?,32+,33+,35-/m0/s1. The van der Waals surface area contributed by atoms with Gasteiger partial charge < -0.3 is 25.4 Å². The molecule has 1 fully saturated rings. The number of ether oxygens (including phenoxy) is 1. The van der Waals surface area contributed by atoms with Crippen molar-refractivity contribution in [3.05, 3.63) is 52.0 Å². The lowest BCUT2D eigenvalue weighted by Crippen LogP contribution is -2.58. The van der Waals surface area contributed by atoms with Crippen molar-refractivity contribution in [2.24, 2.45) is 17.8 Å². The Hall–Kier alpha value is -3.84. The fourth-order valence-corrected chi connectivity index (χ4v) is 7.70. The van der Waals surface area contributed by atoms with E-state index < -0.39 is 48.0 Å². The summed E-state index contributed by atoms with van der Waals surface area (Å²) >= 11 is 1.20. The molecule has 2 heterocycles. The van der Waals surface area contributed by atoms with Crippen molar-refractivity contribution in [3.63, 3.8) is 0 Å². The molecule has 1 aliphatic rings. The van der Waals surface area contributed by atoms with Crippen LogP contribution in [0.4, 0.5) is 0 Å². The van der Waals surface area contributed by atoms with Gasteiger partial charge in [-0.1, -0.05) is 84.7 Å². The number of esters is 1. The van der Waals surface area contributed by atoms with Crippen LogP contribution in [0.5, 0.6) is 0 Å². The number of aromatic nitrogens is 1. The molecule has 1 saturated heterocycles.